The smallest absolute Gasteiger partial charge is 0.253 e. The van der Waals surface area contributed by atoms with E-state index in [2.05, 4.69) is 5.32 Å². The van der Waals surface area contributed by atoms with Gasteiger partial charge >= 0.3 is 0 Å². The SMILES string of the molecule is CNC(=O)c1ccc(C(C)N(C)C)c(N)c1N. The quantitative estimate of drug-likeness (QED) is 0.679. The lowest BCUT2D eigenvalue weighted by atomic mass is 10.0. The zero-order valence-electron chi connectivity index (χ0n) is 10.7. The zero-order chi connectivity index (χ0) is 13.2. The third-order valence-electron chi connectivity index (χ3n) is 3.02. The molecular formula is C12H20N4O. The number of rotatable bonds is 3. The summed E-state index contributed by atoms with van der Waals surface area (Å²) in [6.07, 6.45) is 0. The largest absolute Gasteiger partial charge is 0.397 e. The van der Waals surface area contributed by atoms with Gasteiger partial charge in [-0.2, -0.15) is 0 Å². The van der Waals surface area contributed by atoms with Gasteiger partial charge in [0.25, 0.3) is 5.91 Å². The number of anilines is 2. The number of nitrogen functional groups attached to an aromatic ring is 2. The molecule has 1 aromatic rings. The third kappa shape index (κ3) is 2.50. The van der Waals surface area contributed by atoms with Crippen molar-refractivity contribution in [3.63, 3.8) is 0 Å². The van der Waals surface area contributed by atoms with Crippen LogP contribution in [0.1, 0.15) is 28.9 Å². The van der Waals surface area contributed by atoms with Crippen molar-refractivity contribution in [2.75, 3.05) is 32.6 Å². The first-order chi connectivity index (χ1) is 7.90. The fraction of sp³-hybridized carbons (Fsp3) is 0.417. The second-order valence-corrected chi connectivity index (χ2v) is 4.25. The maximum Gasteiger partial charge on any atom is 0.253 e. The van der Waals surface area contributed by atoms with Crippen LogP contribution in [0.5, 0.6) is 0 Å². The highest BCUT2D eigenvalue weighted by Crippen LogP contribution is 2.30. The first kappa shape index (κ1) is 13.3. The molecule has 0 saturated carbocycles. The lowest BCUT2D eigenvalue weighted by molar-refractivity contribution is 0.0964. The molecule has 5 N–H and O–H groups in total. The van der Waals surface area contributed by atoms with E-state index in [0.29, 0.717) is 16.9 Å². The maximum absolute atomic E-state index is 11.5. The van der Waals surface area contributed by atoms with Gasteiger partial charge in [-0.05, 0) is 32.6 Å². The molecule has 0 aliphatic rings. The number of nitrogens with one attached hydrogen (secondary N) is 1. The summed E-state index contributed by atoms with van der Waals surface area (Å²) in [4.78, 5) is 13.6. The van der Waals surface area contributed by atoms with Crippen LogP contribution in [-0.2, 0) is 0 Å². The average Bonchev–Trinajstić information content (AvgIpc) is 2.30. The van der Waals surface area contributed by atoms with E-state index in [-0.39, 0.29) is 11.9 Å². The topological polar surface area (TPSA) is 84.4 Å². The molecule has 0 aliphatic heterocycles. The minimum absolute atomic E-state index is 0.149. The molecule has 0 spiro atoms. The second kappa shape index (κ2) is 5.05. The van der Waals surface area contributed by atoms with E-state index in [1.54, 1.807) is 13.1 Å². The summed E-state index contributed by atoms with van der Waals surface area (Å²) < 4.78 is 0. The number of nitrogens with zero attached hydrogens (tertiary/aromatic N) is 1. The van der Waals surface area contributed by atoms with E-state index in [1.165, 1.54) is 0 Å². The number of hydrogen-bond donors (Lipinski definition) is 3. The van der Waals surface area contributed by atoms with Crippen LogP contribution < -0.4 is 16.8 Å². The van der Waals surface area contributed by atoms with Crippen molar-refractivity contribution >= 4 is 17.3 Å². The van der Waals surface area contributed by atoms with Crippen LogP contribution in [0.25, 0.3) is 0 Å². The van der Waals surface area contributed by atoms with E-state index < -0.39 is 0 Å². The van der Waals surface area contributed by atoms with Crippen LogP contribution in [-0.4, -0.2) is 32.0 Å². The van der Waals surface area contributed by atoms with Crippen LogP contribution in [0.15, 0.2) is 12.1 Å². The van der Waals surface area contributed by atoms with Crippen molar-refractivity contribution in [1.82, 2.24) is 10.2 Å². The summed E-state index contributed by atoms with van der Waals surface area (Å²) in [6, 6.07) is 3.71. The van der Waals surface area contributed by atoms with E-state index in [4.69, 9.17) is 11.5 Å². The minimum Gasteiger partial charge on any atom is -0.397 e. The molecule has 1 unspecified atom stereocenters. The molecule has 17 heavy (non-hydrogen) atoms. The van der Waals surface area contributed by atoms with Crippen LogP contribution in [0.4, 0.5) is 11.4 Å². The fourth-order valence-electron chi connectivity index (χ4n) is 1.63. The molecule has 0 fully saturated rings. The second-order valence-electron chi connectivity index (χ2n) is 4.25. The average molecular weight is 236 g/mol. The van der Waals surface area contributed by atoms with Crippen LogP contribution in [0, 0.1) is 0 Å². The molecule has 1 atom stereocenters. The Morgan fingerprint density at radius 2 is 1.88 bits per heavy atom. The number of hydrogen-bond acceptors (Lipinski definition) is 4. The normalized spacial score (nSPS) is 12.5. The highest BCUT2D eigenvalue weighted by molar-refractivity contribution is 6.01. The van der Waals surface area contributed by atoms with Crippen molar-refractivity contribution in [2.45, 2.75) is 13.0 Å². The lowest BCUT2D eigenvalue weighted by Crippen LogP contribution is -2.22. The molecule has 1 aromatic carbocycles. The summed E-state index contributed by atoms with van der Waals surface area (Å²) in [6.45, 7) is 2.03. The Balaban J connectivity index is 3.24. The number of carbonyl (C=O) groups is 1. The van der Waals surface area contributed by atoms with Gasteiger partial charge in [0, 0.05) is 13.1 Å². The molecule has 0 aliphatic carbocycles. The van der Waals surface area contributed by atoms with Crippen molar-refractivity contribution in [2.24, 2.45) is 0 Å². The lowest BCUT2D eigenvalue weighted by Gasteiger charge is -2.23. The number of amides is 1. The standard InChI is InChI=1S/C12H20N4O/c1-7(16(3)4)8-5-6-9(12(17)15-2)11(14)10(8)13/h5-7H,13-14H2,1-4H3,(H,15,17). The van der Waals surface area contributed by atoms with Crippen LogP contribution >= 0.6 is 0 Å². The molecule has 5 heteroatoms. The van der Waals surface area contributed by atoms with Crippen molar-refractivity contribution < 1.29 is 4.79 Å². The van der Waals surface area contributed by atoms with E-state index >= 15 is 0 Å². The number of benzene rings is 1. The Bertz CT molecular complexity index is 429. The van der Waals surface area contributed by atoms with Gasteiger partial charge in [0.1, 0.15) is 0 Å². The van der Waals surface area contributed by atoms with Gasteiger partial charge in [-0.1, -0.05) is 6.07 Å². The summed E-state index contributed by atoms with van der Waals surface area (Å²) in [5.74, 6) is -0.224. The Kier molecular flexibility index (Phi) is 3.96. The Hall–Kier alpha value is -1.75. The molecular weight excluding hydrogens is 216 g/mol. The van der Waals surface area contributed by atoms with Gasteiger partial charge in [0.05, 0.1) is 16.9 Å². The molecule has 1 amide bonds. The van der Waals surface area contributed by atoms with Gasteiger partial charge in [-0.15, -0.1) is 0 Å². The molecule has 5 nitrogen and oxygen atoms in total. The van der Waals surface area contributed by atoms with Gasteiger partial charge in [-0.25, -0.2) is 0 Å². The minimum atomic E-state index is -0.224. The molecule has 1 rings (SSSR count). The van der Waals surface area contributed by atoms with Gasteiger partial charge in [0.15, 0.2) is 0 Å². The predicted molar refractivity (Wildman–Crippen MR) is 70.8 cm³/mol. The number of carbonyl (C=O) groups excluding carboxylic acids is 1. The highest BCUT2D eigenvalue weighted by Gasteiger charge is 2.17. The Labute approximate surface area is 102 Å². The Morgan fingerprint density at radius 1 is 1.29 bits per heavy atom. The summed E-state index contributed by atoms with van der Waals surface area (Å²) in [7, 11) is 5.49. The summed E-state index contributed by atoms with van der Waals surface area (Å²) in [5, 5.41) is 2.54. The Morgan fingerprint density at radius 3 is 2.35 bits per heavy atom. The van der Waals surface area contributed by atoms with E-state index in [0.717, 1.165) is 5.56 Å². The monoisotopic (exact) mass is 236 g/mol. The molecule has 0 heterocycles. The van der Waals surface area contributed by atoms with Gasteiger partial charge in [0.2, 0.25) is 0 Å². The van der Waals surface area contributed by atoms with Gasteiger partial charge in [-0.3, -0.25) is 4.79 Å². The van der Waals surface area contributed by atoms with Crippen molar-refractivity contribution in [1.29, 1.82) is 0 Å². The first-order valence-electron chi connectivity index (χ1n) is 5.46. The zero-order valence-corrected chi connectivity index (χ0v) is 10.7. The molecule has 94 valence electrons. The van der Waals surface area contributed by atoms with Crippen molar-refractivity contribution in [3.05, 3.63) is 23.3 Å². The molecule has 0 bridgehead atoms. The predicted octanol–water partition coefficient (Wildman–Crippen LogP) is 0.833. The molecule has 0 radical (unpaired) electrons. The van der Waals surface area contributed by atoms with Gasteiger partial charge < -0.3 is 21.7 Å². The number of nitrogens with two attached hydrogens (primary N) is 2. The van der Waals surface area contributed by atoms with E-state index in [9.17, 15) is 4.79 Å². The third-order valence-corrected chi connectivity index (χ3v) is 3.02. The molecule has 0 saturated heterocycles. The highest BCUT2D eigenvalue weighted by atomic mass is 16.1. The summed E-state index contributed by atoms with van der Waals surface area (Å²) in [5.41, 5.74) is 14.0. The molecule has 0 aromatic heterocycles. The first-order valence-corrected chi connectivity index (χ1v) is 5.46. The van der Waals surface area contributed by atoms with E-state index in [1.807, 2.05) is 32.0 Å². The van der Waals surface area contributed by atoms with Crippen LogP contribution in [0.3, 0.4) is 0 Å². The van der Waals surface area contributed by atoms with Crippen molar-refractivity contribution in [3.8, 4) is 0 Å². The fourth-order valence-corrected chi connectivity index (χ4v) is 1.63. The summed E-state index contributed by atoms with van der Waals surface area (Å²) >= 11 is 0. The maximum atomic E-state index is 11.5. The van der Waals surface area contributed by atoms with Crippen LogP contribution in [0.2, 0.25) is 0 Å².